The highest BCUT2D eigenvalue weighted by Crippen LogP contribution is 2.33. The third-order valence-corrected chi connectivity index (χ3v) is 5.92. The van der Waals surface area contributed by atoms with Crippen molar-refractivity contribution in [2.45, 2.75) is 31.8 Å². The fourth-order valence-electron chi connectivity index (χ4n) is 3.89. The van der Waals surface area contributed by atoms with Gasteiger partial charge in [0.25, 0.3) is 5.56 Å². The molecule has 0 unspecified atom stereocenters. The number of hydrogen-bond acceptors (Lipinski definition) is 4. The summed E-state index contributed by atoms with van der Waals surface area (Å²) in [7, 11) is 1.64. The largest absolute Gasteiger partial charge is 0.497 e. The van der Waals surface area contributed by atoms with Crippen molar-refractivity contribution in [3.8, 4) is 5.75 Å². The molecule has 2 heterocycles. The van der Waals surface area contributed by atoms with Gasteiger partial charge in [0.1, 0.15) is 5.75 Å². The lowest BCUT2D eigenvalue weighted by Crippen LogP contribution is -2.32. The van der Waals surface area contributed by atoms with Crippen molar-refractivity contribution >= 4 is 32.7 Å². The van der Waals surface area contributed by atoms with E-state index in [1.807, 2.05) is 35.2 Å². The molecule has 150 valence electrons. The zero-order valence-corrected chi connectivity index (χ0v) is 17.8. The van der Waals surface area contributed by atoms with Gasteiger partial charge in [-0.15, -0.1) is 0 Å². The summed E-state index contributed by atoms with van der Waals surface area (Å²) in [4.78, 5) is 31.9. The van der Waals surface area contributed by atoms with Gasteiger partial charge in [0.05, 0.1) is 30.4 Å². The number of likely N-dealkylation sites (tertiary alicyclic amines) is 1. The van der Waals surface area contributed by atoms with Crippen LogP contribution >= 0.6 is 15.9 Å². The van der Waals surface area contributed by atoms with E-state index in [4.69, 9.17) is 4.74 Å². The summed E-state index contributed by atoms with van der Waals surface area (Å²) in [5.41, 5.74) is 1.64. The molecule has 4 rings (SSSR count). The van der Waals surface area contributed by atoms with E-state index in [-0.39, 0.29) is 23.9 Å². The van der Waals surface area contributed by atoms with Gasteiger partial charge in [0, 0.05) is 24.0 Å². The van der Waals surface area contributed by atoms with Gasteiger partial charge in [-0.1, -0.05) is 28.1 Å². The van der Waals surface area contributed by atoms with Gasteiger partial charge in [-0.2, -0.15) is 0 Å². The van der Waals surface area contributed by atoms with Crippen LogP contribution in [0, 0.1) is 0 Å². The molecule has 1 fully saturated rings. The lowest BCUT2D eigenvalue weighted by atomic mass is 10.0. The number of methoxy groups -OCH3 is 1. The van der Waals surface area contributed by atoms with Crippen molar-refractivity contribution in [2.75, 3.05) is 13.7 Å². The predicted octanol–water partition coefficient (Wildman–Crippen LogP) is 3.92. The van der Waals surface area contributed by atoms with Gasteiger partial charge in [-0.05, 0) is 48.7 Å². The number of ether oxygens (including phenoxy) is 1. The van der Waals surface area contributed by atoms with Gasteiger partial charge in [-0.3, -0.25) is 14.2 Å². The molecule has 0 spiro atoms. The summed E-state index contributed by atoms with van der Waals surface area (Å²) in [5.74, 6) is 0.865. The number of aromatic nitrogens is 2. The first kappa shape index (κ1) is 19.6. The zero-order valence-electron chi connectivity index (χ0n) is 16.2. The standard InChI is InChI=1S/C22H22BrN3O3/c1-29-17-7-4-15(5-8-17)20-3-2-11-26(20)21(27)10-12-25-14-24-19-9-6-16(23)13-18(19)22(25)28/h4-9,13-14,20H,2-3,10-12H2,1H3/t20-/m1/s1. The second-order valence-electron chi connectivity index (χ2n) is 7.17. The highest BCUT2D eigenvalue weighted by Gasteiger charge is 2.29. The minimum absolute atomic E-state index is 0.0598. The Morgan fingerprint density at radius 3 is 2.79 bits per heavy atom. The summed E-state index contributed by atoms with van der Waals surface area (Å²) >= 11 is 3.39. The number of amides is 1. The molecule has 1 saturated heterocycles. The van der Waals surface area contributed by atoms with Gasteiger partial charge < -0.3 is 9.64 Å². The average molecular weight is 456 g/mol. The predicted molar refractivity (Wildman–Crippen MR) is 115 cm³/mol. The van der Waals surface area contributed by atoms with E-state index in [1.54, 1.807) is 19.2 Å². The first-order valence-electron chi connectivity index (χ1n) is 9.65. The molecule has 0 saturated carbocycles. The van der Waals surface area contributed by atoms with E-state index in [1.165, 1.54) is 10.9 Å². The van der Waals surface area contributed by atoms with Gasteiger partial charge in [-0.25, -0.2) is 4.98 Å². The summed E-state index contributed by atoms with van der Waals surface area (Å²) in [6, 6.07) is 13.4. The van der Waals surface area contributed by atoms with E-state index in [0.29, 0.717) is 17.4 Å². The number of carbonyl (C=O) groups excluding carboxylic acids is 1. The van der Waals surface area contributed by atoms with Crippen LogP contribution in [0.25, 0.3) is 10.9 Å². The van der Waals surface area contributed by atoms with E-state index in [0.717, 1.165) is 35.2 Å². The second kappa shape index (κ2) is 8.37. The van der Waals surface area contributed by atoms with Crippen molar-refractivity contribution < 1.29 is 9.53 Å². The highest BCUT2D eigenvalue weighted by atomic mass is 79.9. The molecule has 1 aliphatic rings. The Morgan fingerprint density at radius 2 is 2.03 bits per heavy atom. The minimum atomic E-state index is -0.128. The number of aryl methyl sites for hydroxylation is 1. The molecule has 1 aliphatic heterocycles. The molecule has 1 atom stereocenters. The molecule has 29 heavy (non-hydrogen) atoms. The van der Waals surface area contributed by atoms with E-state index < -0.39 is 0 Å². The van der Waals surface area contributed by atoms with Crippen LogP contribution in [0.4, 0.5) is 0 Å². The summed E-state index contributed by atoms with van der Waals surface area (Å²) in [5, 5.41) is 0.548. The maximum Gasteiger partial charge on any atom is 0.261 e. The number of hydrogen-bond donors (Lipinski definition) is 0. The van der Waals surface area contributed by atoms with E-state index >= 15 is 0 Å². The Hall–Kier alpha value is -2.67. The van der Waals surface area contributed by atoms with Crippen molar-refractivity contribution in [3.63, 3.8) is 0 Å². The lowest BCUT2D eigenvalue weighted by Gasteiger charge is -2.25. The Kier molecular flexibility index (Phi) is 5.67. The quantitative estimate of drug-likeness (QED) is 0.584. The maximum absolute atomic E-state index is 12.9. The Balaban J connectivity index is 1.48. The van der Waals surface area contributed by atoms with Gasteiger partial charge >= 0.3 is 0 Å². The number of nitrogens with zero attached hydrogens (tertiary/aromatic N) is 3. The van der Waals surface area contributed by atoms with E-state index in [2.05, 4.69) is 20.9 Å². The molecule has 3 aromatic rings. The van der Waals surface area contributed by atoms with Gasteiger partial charge in [0.2, 0.25) is 5.91 Å². The fraction of sp³-hybridized carbons (Fsp3) is 0.318. The summed E-state index contributed by atoms with van der Waals surface area (Å²) in [6.07, 6.45) is 3.72. The number of carbonyl (C=O) groups is 1. The SMILES string of the molecule is COc1ccc([C@H]2CCCN2C(=O)CCn2cnc3ccc(Br)cc3c2=O)cc1. The monoisotopic (exact) mass is 455 g/mol. The van der Waals surface area contributed by atoms with Crippen LogP contribution in [0.2, 0.25) is 0 Å². The Bertz CT molecular complexity index is 1090. The normalized spacial score (nSPS) is 16.3. The van der Waals surface area contributed by atoms with Crippen molar-refractivity contribution in [3.05, 3.63) is 69.2 Å². The Labute approximate surface area is 177 Å². The van der Waals surface area contributed by atoms with Crippen LogP contribution in [0.3, 0.4) is 0 Å². The van der Waals surface area contributed by atoms with Crippen LogP contribution in [0.5, 0.6) is 5.75 Å². The lowest BCUT2D eigenvalue weighted by molar-refractivity contribution is -0.132. The van der Waals surface area contributed by atoms with Crippen LogP contribution < -0.4 is 10.3 Å². The van der Waals surface area contributed by atoms with E-state index in [9.17, 15) is 9.59 Å². The second-order valence-corrected chi connectivity index (χ2v) is 8.09. The molecule has 1 aromatic heterocycles. The minimum Gasteiger partial charge on any atom is -0.497 e. The number of fused-ring (bicyclic) bond motifs is 1. The maximum atomic E-state index is 12.9. The molecule has 7 heteroatoms. The third-order valence-electron chi connectivity index (χ3n) is 5.43. The molecular weight excluding hydrogens is 434 g/mol. The Morgan fingerprint density at radius 1 is 1.24 bits per heavy atom. The fourth-order valence-corrected chi connectivity index (χ4v) is 4.25. The molecule has 2 aromatic carbocycles. The van der Waals surface area contributed by atoms with Crippen molar-refractivity contribution in [1.29, 1.82) is 0 Å². The summed E-state index contributed by atoms with van der Waals surface area (Å²) < 4.78 is 7.57. The van der Waals surface area contributed by atoms with Gasteiger partial charge in [0.15, 0.2) is 0 Å². The van der Waals surface area contributed by atoms with Crippen LogP contribution in [-0.4, -0.2) is 34.0 Å². The number of halogens is 1. The van der Waals surface area contributed by atoms with Crippen LogP contribution in [0.15, 0.2) is 58.1 Å². The van der Waals surface area contributed by atoms with Crippen molar-refractivity contribution in [1.82, 2.24) is 14.5 Å². The molecule has 0 radical (unpaired) electrons. The molecule has 6 nitrogen and oxygen atoms in total. The molecular formula is C22H22BrN3O3. The molecule has 0 N–H and O–H groups in total. The molecule has 1 amide bonds. The topological polar surface area (TPSA) is 64.4 Å². The number of benzene rings is 2. The number of rotatable bonds is 5. The average Bonchev–Trinajstić information content (AvgIpc) is 3.23. The van der Waals surface area contributed by atoms with Crippen LogP contribution in [-0.2, 0) is 11.3 Å². The molecule has 0 aliphatic carbocycles. The third kappa shape index (κ3) is 4.05. The first-order valence-corrected chi connectivity index (χ1v) is 10.4. The first-order chi connectivity index (χ1) is 14.1. The van der Waals surface area contributed by atoms with Crippen LogP contribution in [0.1, 0.15) is 30.9 Å². The summed E-state index contributed by atoms with van der Waals surface area (Å²) in [6.45, 7) is 1.06. The zero-order chi connectivity index (χ0) is 20.4. The smallest absolute Gasteiger partial charge is 0.261 e. The highest BCUT2D eigenvalue weighted by molar-refractivity contribution is 9.10. The molecule has 0 bridgehead atoms. The van der Waals surface area contributed by atoms with Crippen molar-refractivity contribution in [2.24, 2.45) is 0 Å².